The highest BCUT2D eigenvalue weighted by atomic mass is 32.2. The molecular formula is C23H25N3OS. The first-order chi connectivity index (χ1) is 13.0. The van der Waals surface area contributed by atoms with E-state index in [1.165, 1.54) is 11.8 Å². The van der Waals surface area contributed by atoms with Crippen LogP contribution in [-0.2, 0) is 15.1 Å². The molecule has 2 aromatic carbocycles. The van der Waals surface area contributed by atoms with E-state index in [1.54, 1.807) is 12.3 Å². The lowest BCUT2D eigenvalue weighted by Crippen LogP contribution is -2.46. The van der Waals surface area contributed by atoms with Crippen molar-refractivity contribution in [2.75, 3.05) is 6.26 Å². The Labute approximate surface area is 166 Å². The van der Waals surface area contributed by atoms with Crippen molar-refractivity contribution in [1.82, 2.24) is 4.98 Å². The van der Waals surface area contributed by atoms with Gasteiger partial charge in [0.1, 0.15) is 0 Å². The molecule has 0 radical (unpaired) electrons. The van der Waals surface area contributed by atoms with Gasteiger partial charge in [-0.3, -0.25) is 9.98 Å². The van der Waals surface area contributed by atoms with Crippen LogP contribution in [0.1, 0.15) is 44.4 Å². The zero-order chi connectivity index (χ0) is 20.3. The molecule has 0 fully saturated rings. The van der Waals surface area contributed by atoms with Crippen LogP contribution < -0.4 is 0 Å². The molecule has 1 aliphatic rings. The summed E-state index contributed by atoms with van der Waals surface area (Å²) in [5, 5.41) is 0.755. The quantitative estimate of drug-likeness (QED) is 0.654. The first-order valence-corrected chi connectivity index (χ1v) is 11.3. The molecular weight excluding hydrogens is 366 g/mol. The minimum Gasteiger partial charge on any atom is -0.277 e. The molecule has 28 heavy (non-hydrogen) atoms. The van der Waals surface area contributed by atoms with Crippen LogP contribution in [0.3, 0.4) is 0 Å². The highest BCUT2D eigenvalue weighted by Crippen LogP contribution is 2.44. The van der Waals surface area contributed by atoms with Gasteiger partial charge in [-0.1, -0.05) is 44.2 Å². The molecule has 0 spiro atoms. The monoisotopic (exact) mass is 391 g/mol. The van der Waals surface area contributed by atoms with Crippen LogP contribution in [0.2, 0.25) is 0 Å². The van der Waals surface area contributed by atoms with Crippen LogP contribution in [0, 0.1) is 4.78 Å². The third-order valence-corrected chi connectivity index (χ3v) is 7.37. The number of nitrogens with zero attached hydrogens (tertiary/aromatic N) is 2. The second-order valence-electron chi connectivity index (χ2n) is 8.57. The maximum atomic E-state index is 12.5. The number of fused-ring (bicyclic) bond motifs is 2. The molecule has 1 atom stereocenters. The largest absolute Gasteiger partial charge is 0.277 e. The van der Waals surface area contributed by atoms with E-state index in [0.29, 0.717) is 4.90 Å². The normalized spacial score (nSPS) is 19.5. The van der Waals surface area contributed by atoms with Gasteiger partial charge >= 0.3 is 0 Å². The third kappa shape index (κ3) is 2.76. The fourth-order valence-corrected chi connectivity index (χ4v) is 4.78. The van der Waals surface area contributed by atoms with Crippen LogP contribution in [0.15, 0.2) is 64.6 Å². The lowest BCUT2D eigenvalue weighted by Gasteiger charge is -2.44. The van der Waals surface area contributed by atoms with Crippen LogP contribution >= 0.6 is 0 Å². The van der Waals surface area contributed by atoms with Crippen molar-refractivity contribution >= 4 is 26.3 Å². The van der Waals surface area contributed by atoms with Gasteiger partial charge in [0.2, 0.25) is 0 Å². The van der Waals surface area contributed by atoms with Crippen LogP contribution in [0.25, 0.3) is 10.9 Å². The van der Waals surface area contributed by atoms with Crippen molar-refractivity contribution < 1.29 is 4.21 Å². The standard InChI is InChI=1S/C23H25N3OS/c1-22(2)18-9-7-6-8-16(18)21(26-23(22,3)4)15-10-11-19-17(14-15)20(12-13-25-19)28(5,24)27/h6-14,24H,1-5H3. The van der Waals surface area contributed by atoms with E-state index >= 15 is 0 Å². The average Bonchev–Trinajstić information content (AvgIpc) is 2.63. The molecule has 144 valence electrons. The van der Waals surface area contributed by atoms with Gasteiger partial charge in [0.05, 0.1) is 31.4 Å². The second-order valence-corrected chi connectivity index (χ2v) is 10.7. The maximum absolute atomic E-state index is 12.5. The molecule has 3 aromatic rings. The summed E-state index contributed by atoms with van der Waals surface area (Å²) in [6.45, 7) is 8.81. The Kier molecular flexibility index (Phi) is 4.02. The summed E-state index contributed by atoms with van der Waals surface area (Å²) < 4.78 is 20.6. The Hall–Kier alpha value is -2.53. The third-order valence-electron chi connectivity index (χ3n) is 6.17. The first-order valence-electron chi connectivity index (χ1n) is 9.35. The van der Waals surface area contributed by atoms with E-state index in [-0.39, 0.29) is 11.0 Å². The minimum atomic E-state index is -2.86. The number of hydrogen-bond acceptors (Lipinski definition) is 4. The molecule has 0 saturated carbocycles. The Morgan fingerprint density at radius 1 is 1.00 bits per heavy atom. The topological polar surface area (TPSA) is 66.2 Å². The van der Waals surface area contributed by atoms with Crippen molar-refractivity contribution in [3.05, 3.63) is 71.4 Å². The van der Waals surface area contributed by atoms with Gasteiger partial charge in [0.15, 0.2) is 0 Å². The summed E-state index contributed by atoms with van der Waals surface area (Å²) in [6.07, 6.45) is 3.07. The molecule has 0 amide bonds. The molecule has 4 nitrogen and oxygen atoms in total. The zero-order valence-corrected chi connectivity index (χ0v) is 17.7. The van der Waals surface area contributed by atoms with Crippen molar-refractivity contribution in [1.29, 1.82) is 4.78 Å². The van der Waals surface area contributed by atoms with Crippen molar-refractivity contribution in [3.63, 3.8) is 0 Å². The predicted molar refractivity (Wildman–Crippen MR) is 116 cm³/mol. The summed E-state index contributed by atoms with van der Waals surface area (Å²) in [6, 6.07) is 16.0. The number of pyridine rings is 1. The molecule has 0 saturated heterocycles. The second kappa shape index (κ2) is 5.98. The van der Waals surface area contributed by atoms with Gasteiger partial charge in [0.25, 0.3) is 0 Å². The number of aromatic nitrogens is 1. The lowest BCUT2D eigenvalue weighted by molar-refractivity contribution is 0.303. The van der Waals surface area contributed by atoms with Crippen LogP contribution in [0.5, 0.6) is 0 Å². The summed E-state index contributed by atoms with van der Waals surface area (Å²) in [5.41, 5.74) is 4.65. The van der Waals surface area contributed by atoms with Crippen molar-refractivity contribution in [3.8, 4) is 0 Å². The summed E-state index contributed by atoms with van der Waals surface area (Å²) in [7, 11) is -2.86. The Bertz CT molecular complexity index is 1240. The van der Waals surface area contributed by atoms with Crippen molar-refractivity contribution in [2.24, 2.45) is 4.99 Å². The molecule has 0 bridgehead atoms. The molecule has 0 aliphatic carbocycles. The number of hydrogen-bond donors (Lipinski definition) is 1. The summed E-state index contributed by atoms with van der Waals surface area (Å²) in [4.78, 5) is 10.1. The zero-order valence-electron chi connectivity index (χ0n) is 16.9. The van der Waals surface area contributed by atoms with E-state index < -0.39 is 9.73 Å². The van der Waals surface area contributed by atoms with E-state index in [4.69, 9.17) is 9.77 Å². The Morgan fingerprint density at radius 3 is 2.43 bits per heavy atom. The molecule has 1 aromatic heterocycles. The van der Waals surface area contributed by atoms with E-state index in [2.05, 4.69) is 50.9 Å². The lowest BCUT2D eigenvalue weighted by atomic mass is 9.66. The molecule has 5 heteroatoms. The molecule has 2 heterocycles. The van der Waals surface area contributed by atoms with Crippen LogP contribution in [-0.4, -0.2) is 26.7 Å². The number of rotatable bonds is 2. The van der Waals surface area contributed by atoms with Gasteiger partial charge in [-0.25, -0.2) is 8.99 Å². The summed E-state index contributed by atoms with van der Waals surface area (Å²) in [5.74, 6) is 0. The van der Waals surface area contributed by atoms with Crippen molar-refractivity contribution in [2.45, 2.75) is 43.5 Å². The smallest absolute Gasteiger partial charge is 0.0729 e. The average molecular weight is 392 g/mol. The highest BCUT2D eigenvalue weighted by Gasteiger charge is 2.43. The predicted octanol–water partition coefficient (Wildman–Crippen LogP) is 5.18. The van der Waals surface area contributed by atoms with E-state index in [0.717, 1.165) is 27.7 Å². The van der Waals surface area contributed by atoms with Gasteiger partial charge < -0.3 is 0 Å². The van der Waals surface area contributed by atoms with E-state index in [9.17, 15) is 4.21 Å². The fourth-order valence-electron chi connectivity index (χ4n) is 3.87. The Morgan fingerprint density at radius 2 is 1.71 bits per heavy atom. The number of nitrogens with one attached hydrogen (secondary N) is 1. The first kappa shape index (κ1) is 18.8. The molecule has 1 unspecified atom stereocenters. The van der Waals surface area contributed by atoms with Gasteiger partial charge in [-0.2, -0.15) is 0 Å². The molecule has 4 rings (SSSR count). The van der Waals surface area contributed by atoms with Gasteiger partial charge in [-0.15, -0.1) is 0 Å². The fraction of sp³-hybridized carbons (Fsp3) is 0.304. The molecule has 1 aliphatic heterocycles. The Balaban J connectivity index is 2.02. The van der Waals surface area contributed by atoms with E-state index in [1.807, 2.05) is 24.3 Å². The van der Waals surface area contributed by atoms with Crippen LogP contribution in [0.4, 0.5) is 0 Å². The van der Waals surface area contributed by atoms with Gasteiger partial charge in [-0.05, 0) is 37.6 Å². The minimum absolute atomic E-state index is 0.102. The number of aliphatic imine (C=N–C) groups is 1. The van der Waals surface area contributed by atoms with Gasteiger partial charge in [0, 0.05) is 34.4 Å². The molecule has 1 N–H and O–H groups in total. The highest BCUT2D eigenvalue weighted by molar-refractivity contribution is 7.92. The maximum Gasteiger partial charge on any atom is 0.0729 e. The summed E-state index contributed by atoms with van der Waals surface area (Å²) >= 11 is 0. The SMILES string of the molecule is CC1(C)N=C(c2ccc3nccc(S(C)(=N)=O)c3c2)c2ccccc2C1(C)C. The number of benzene rings is 2.